The van der Waals surface area contributed by atoms with Gasteiger partial charge in [-0.15, -0.1) is 0 Å². The second-order valence-electron chi connectivity index (χ2n) is 9.71. The summed E-state index contributed by atoms with van der Waals surface area (Å²) in [6.07, 6.45) is -3.60. The summed E-state index contributed by atoms with van der Waals surface area (Å²) in [7, 11) is 0. The van der Waals surface area contributed by atoms with Crippen molar-refractivity contribution in [2.75, 3.05) is 0 Å². The molecule has 0 bridgehead atoms. The van der Waals surface area contributed by atoms with Crippen molar-refractivity contribution >= 4 is 22.9 Å². The van der Waals surface area contributed by atoms with E-state index in [2.05, 4.69) is 10.3 Å². The number of fused-ring (bicyclic) bond motifs is 1. The van der Waals surface area contributed by atoms with Crippen LogP contribution in [0.1, 0.15) is 52.5 Å². The number of hydrogen-bond donors (Lipinski definition) is 2. The highest BCUT2D eigenvalue weighted by atomic mass is 19.4. The Hall–Kier alpha value is -4.27. The highest BCUT2D eigenvalue weighted by Crippen LogP contribution is 2.32. The number of benzene rings is 3. The first-order valence-corrected chi connectivity index (χ1v) is 12.5. The van der Waals surface area contributed by atoms with Gasteiger partial charge in [0, 0.05) is 24.1 Å². The molecule has 6 nitrogen and oxygen atoms in total. The minimum absolute atomic E-state index is 0.0120. The van der Waals surface area contributed by atoms with Gasteiger partial charge in [0.05, 0.1) is 28.0 Å². The molecule has 0 aliphatic carbocycles. The fourth-order valence-electron chi connectivity index (χ4n) is 4.23. The Balaban J connectivity index is 1.64. The maximum absolute atomic E-state index is 13.1. The van der Waals surface area contributed by atoms with E-state index in [1.807, 2.05) is 38.1 Å². The smallest absolute Gasteiger partial charge is 0.416 e. The van der Waals surface area contributed by atoms with Gasteiger partial charge in [0.25, 0.3) is 5.91 Å². The number of rotatable bonds is 9. The molecule has 202 valence electrons. The summed E-state index contributed by atoms with van der Waals surface area (Å²) < 4.78 is 39.3. The first-order valence-electron chi connectivity index (χ1n) is 12.5. The second-order valence-corrected chi connectivity index (χ2v) is 9.71. The number of hydrogen-bond acceptors (Lipinski definition) is 4. The van der Waals surface area contributed by atoms with E-state index >= 15 is 0 Å². The molecule has 9 heteroatoms. The number of aryl methyl sites for hydroxylation is 2. The Bertz CT molecular complexity index is 1480. The number of alkyl halides is 3. The molecule has 0 saturated carbocycles. The molecule has 39 heavy (non-hydrogen) atoms. The van der Waals surface area contributed by atoms with E-state index in [9.17, 15) is 22.8 Å². The molecule has 1 aromatic heterocycles. The minimum Gasteiger partial charge on any atom is -0.481 e. The Morgan fingerprint density at radius 2 is 1.64 bits per heavy atom. The Labute approximate surface area is 223 Å². The van der Waals surface area contributed by atoms with E-state index in [1.165, 1.54) is 12.1 Å². The molecule has 4 aromatic rings. The molecule has 4 rings (SSSR count). The third-order valence-corrected chi connectivity index (χ3v) is 6.45. The molecule has 1 atom stereocenters. The molecule has 3 aromatic carbocycles. The number of carbonyl (C=O) groups is 2. The predicted octanol–water partition coefficient (Wildman–Crippen LogP) is 6.60. The van der Waals surface area contributed by atoms with Gasteiger partial charge in [-0.3, -0.25) is 9.59 Å². The van der Waals surface area contributed by atoms with E-state index in [-0.39, 0.29) is 18.2 Å². The summed E-state index contributed by atoms with van der Waals surface area (Å²) in [5.41, 5.74) is 4.10. The quantitative estimate of drug-likeness (QED) is 0.252. The molecule has 0 aliphatic rings. The number of carboxylic acid groups (broad SMARTS) is 1. The highest BCUT2D eigenvalue weighted by Gasteiger charge is 2.30. The zero-order chi connectivity index (χ0) is 28.2. The van der Waals surface area contributed by atoms with Crippen LogP contribution in [0, 0.1) is 12.8 Å². The number of amides is 1. The minimum atomic E-state index is -4.46. The van der Waals surface area contributed by atoms with Gasteiger partial charge in [0.2, 0.25) is 0 Å². The van der Waals surface area contributed by atoms with Gasteiger partial charge < -0.3 is 10.4 Å². The number of aromatic nitrogens is 2. The van der Waals surface area contributed by atoms with Crippen LogP contribution in [0.2, 0.25) is 0 Å². The third-order valence-electron chi connectivity index (χ3n) is 6.45. The Morgan fingerprint density at radius 1 is 0.949 bits per heavy atom. The van der Waals surface area contributed by atoms with Crippen molar-refractivity contribution < 1.29 is 27.9 Å². The molecule has 0 spiro atoms. The number of aliphatic carboxylic acids is 1. The molecule has 1 unspecified atom stereocenters. The summed E-state index contributed by atoms with van der Waals surface area (Å²) in [5.74, 6) is -1.32. The SMILES string of the molecule is Cc1ccc(CNC(=O)c2ccc3nc(-c4ccc(C(F)(F)F)cc4)c(CCC(C)CC(=O)O)nc3c2)cc1. The van der Waals surface area contributed by atoms with Gasteiger partial charge in [-0.1, -0.05) is 48.9 Å². The summed E-state index contributed by atoms with van der Waals surface area (Å²) in [6.45, 7) is 4.17. The summed E-state index contributed by atoms with van der Waals surface area (Å²) in [6, 6.07) is 17.5. The number of carbonyl (C=O) groups excluding carboxylic acids is 1. The first-order chi connectivity index (χ1) is 18.5. The predicted molar refractivity (Wildman–Crippen MR) is 142 cm³/mol. The molecule has 2 N–H and O–H groups in total. The van der Waals surface area contributed by atoms with Crippen molar-refractivity contribution in [1.82, 2.24) is 15.3 Å². The van der Waals surface area contributed by atoms with Crippen LogP contribution in [-0.2, 0) is 23.9 Å². The van der Waals surface area contributed by atoms with E-state index in [4.69, 9.17) is 10.1 Å². The molecule has 0 radical (unpaired) electrons. The average molecular weight is 536 g/mol. The van der Waals surface area contributed by atoms with Gasteiger partial charge in [0.1, 0.15) is 0 Å². The summed E-state index contributed by atoms with van der Waals surface area (Å²) in [5, 5.41) is 12.0. The number of nitrogens with zero attached hydrogens (tertiary/aromatic N) is 2. The van der Waals surface area contributed by atoms with Crippen molar-refractivity contribution in [3.63, 3.8) is 0 Å². The number of carboxylic acids is 1. The average Bonchev–Trinajstić information content (AvgIpc) is 2.89. The molecular weight excluding hydrogens is 507 g/mol. The standard InChI is InChI=1S/C30H28F3N3O3/c1-18-3-6-20(7-4-18)17-34-29(39)22-10-14-24-26(16-22)35-25(13-5-19(2)15-27(37)38)28(36-24)21-8-11-23(12-9-21)30(31,32)33/h3-4,6-12,14,16,19H,5,13,15,17H2,1-2H3,(H,34,39)(H,37,38). The van der Waals surface area contributed by atoms with E-state index in [0.29, 0.717) is 52.9 Å². The van der Waals surface area contributed by atoms with Gasteiger partial charge in [0.15, 0.2) is 0 Å². The molecular formula is C30H28F3N3O3. The van der Waals surface area contributed by atoms with E-state index < -0.39 is 17.7 Å². The zero-order valence-electron chi connectivity index (χ0n) is 21.5. The Morgan fingerprint density at radius 3 is 2.28 bits per heavy atom. The molecule has 0 aliphatic heterocycles. The van der Waals surface area contributed by atoms with Crippen LogP contribution in [0.25, 0.3) is 22.3 Å². The number of halogens is 3. The molecule has 1 amide bonds. The monoisotopic (exact) mass is 535 g/mol. The van der Waals surface area contributed by atoms with Crippen molar-refractivity contribution in [3.8, 4) is 11.3 Å². The maximum Gasteiger partial charge on any atom is 0.416 e. The first kappa shape index (κ1) is 27.8. The lowest BCUT2D eigenvalue weighted by molar-refractivity contribution is -0.138. The van der Waals surface area contributed by atoms with Crippen molar-refractivity contribution in [3.05, 3.63) is 94.7 Å². The largest absolute Gasteiger partial charge is 0.481 e. The third kappa shape index (κ3) is 7.19. The van der Waals surface area contributed by atoms with E-state index in [1.54, 1.807) is 18.2 Å². The normalized spacial score (nSPS) is 12.3. The molecule has 0 saturated heterocycles. The van der Waals surface area contributed by atoms with Gasteiger partial charge >= 0.3 is 12.1 Å². The molecule has 1 heterocycles. The fraction of sp³-hybridized carbons (Fsp3) is 0.267. The van der Waals surface area contributed by atoms with Crippen molar-refractivity contribution in [2.24, 2.45) is 5.92 Å². The maximum atomic E-state index is 13.1. The lowest BCUT2D eigenvalue weighted by atomic mass is 9.97. The lowest BCUT2D eigenvalue weighted by Gasteiger charge is -2.14. The van der Waals surface area contributed by atoms with Crippen molar-refractivity contribution in [1.29, 1.82) is 0 Å². The van der Waals surface area contributed by atoms with Crippen LogP contribution in [0.3, 0.4) is 0 Å². The van der Waals surface area contributed by atoms with Crippen LogP contribution in [-0.4, -0.2) is 27.0 Å². The van der Waals surface area contributed by atoms with Crippen LogP contribution >= 0.6 is 0 Å². The molecule has 0 fully saturated rings. The topological polar surface area (TPSA) is 92.2 Å². The summed E-state index contributed by atoms with van der Waals surface area (Å²) in [4.78, 5) is 33.3. The van der Waals surface area contributed by atoms with Gasteiger partial charge in [-0.05, 0) is 61.6 Å². The van der Waals surface area contributed by atoms with Crippen LogP contribution in [0.4, 0.5) is 13.2 Å². The second kappa shape index (κ2) is 11.6. The Kier molecular flexibility index (Phi) is 8.28. The van der Waals surface area contributed by atoms with Crippen LogP contribution in [0.5, 0.6) is 0 Å². The van der Waals surface area contributed by atoms with Crippen LogP contribution < -0.4 is 5.32 Å². The fourth-order valence-corrected chi connectivity index (χ4v) is 4.23. The van der Waals surface area contributed by atoms with Gasteiger partial charge in [-0.25, -0.2) is 9.97 Å². The lowest BCUT2D eigenvalue weighted by Crippen LogP contribution is -2.22. The van der Waals surface area contributed by atoms with E-state index in [0.717, 1.165) is 23.3 Å². The highest BCUT2D eigenvalue weighted by molar-refractivity contribution is 5.97. The van der Waals surface area contributed by atoms with Crippen LogP contribution in [0.15, 0.2) is 66.7 Å². The number of nitrogens with one attached hydrogen (secondary N) is 1. The summed E-state index contributed by atoms with van der Waals surface area (Å²) >= 11 is 0. The van der Waals surface area contributed by atoms with Gasteiger partial charge in [-0.2, -0.15) is 13.2 Å². The zero-order valence-corrected chi connectivity index (χ0v) is 21.5. The van der Waals surface area contributed by atoms with Crippen molar-refractivity contribution in [2.45, 2.75) is 45.8 Å².